The van der Waals surface area contributed by atoms with Crippen molar-refractivity contribution in [3.63, 3.8) is 0 Å². The maximum atomic E-state index is 6.14. The number of hydrogen-bond donors (Lipinski definition) is 1. The van der Waals surface area contributed by atoms with Crippen molar-refractivity contribution >= 4 is 0 Å². The summed E-state index contributed by atoms with van der Waals surface area (Å²) in [6, 6.07) is 0.162. The van der Waals surface area contributed by atoms with Crippen molar-refractivity contribution in [3.8, 4) is 5.82 Å². The zero-order valence-corrected chi connectivity index (χ0v) is 13.4. The molecule has 5 heteroatoms. The second kappa shape index (κ2) is 5.40. The van der Waals surface area contributed by atoms with E-state index >= 15 is 0 Å². The molecule has 5 nitrogen and oxygen atoms in total. The molecule has 0 saturated carbocycles. The van der Waals surface area contributed by atoms with E-state index in [0.717, 1.165) is 35.7 Å². The number of hydrogen-bond acceptors (Lipinski definition) is 3. The van der Waals surface area contributed by atoms with E-state index in [1.807, 2.05) is 30.3 Å². The molecule has 0 spiro atoms. The van der Waals surface area contributed by atoms with Crippen LogP contribution in [0.15, 0.2) is 0 Å². The average Bonchev–Trinajstić information content (AvgIpc) is 2.81. The first-order chi connectivity index (χ1) is 9.36. The smallest absolute Gasteiger partial charge is 0.155 e. The van der Waals surface area contributed by atoms with Gasteiger partial charge in [-0.3, -0.25) is 4.68 Å². The molecular formula is C15H25N5. The monoisotopic (exact) mass is 275 g/mol. The number of nitrogens with zero attached hydrogens (tertiary/aromatic N) is 4. The first-order valence-corrected chi connectivity index (χ1v) is 7.18. The maximum absolute atomic E-state index is 6.14. The first kappa shape index (κ1) is 14.8. The Morgan fingerprint density at radius 3 is 2.25 bits per heavy atom. The SMILES string of the molecule is CCC(N)Cc1c(C)nn(C)c1-n1nc(C)c(C)c1C. The van der Waals surface area contributed by atoms with Crippen molar-refractivity contribution in [2.75, 3.05) is 0 Å². The summed E-state index contributed by atoms with van der Waals surface area (Å²) < 4.78 is 3.91. The molecular weight excluding hydrogens is 250 g/mol. The Bertz CT molecular complexity index is 621. The summed E-state index contributed by atoms with van der Waals surface area (Å²) in [5, 5.41) is 9.22. The van der Waals surface area contributed by atoms with Gasteiger partial charge in [0.25, 0.3) is 0 Å². The van der Waals surface area contributed by atoms with Gasteiger partial charge in [0.2, 0.25) is 0 Å². The number of aromatic nitrogens is 4. The van der Waals surface area contributed by atoms with Crippen LogP contribution in [0.25, 0.3) is 5.82 Å². The molecule has 20 heavy (non-hydrogen) atoms. The zero-order valence-electron chi connectivity index (χ0n) is 13.4. The normalized spacial score (nSPS) is 12.9. The molecule has 0 aliphatic heterocycles. The molecule has 110 valence electrons. The van der Waals surface area contributed by atoms with E-state index in [1.54, 1.807) is 0 Å². The summed E-state index contributed by atoms with van der Waals surface area (Å²) in [6.07, 6.45) is 1.80. The fourth-order valence-corrected chi connectivity index (χ4v) is 2.53. The summed E-state index contributed by atoms with van der Waals surface area (Å²) in [7, 11) is 1.97. The molecule has 2 heterocycles. The highest BCUT2D eigenvalue weighted by Crippen LogP contribution is 2.23. The Balaban J connectivity index is 2.58. The fraction of sp³-hybridized carbons (Fsp3) is 0.600. The van der Waals surface area contributed by atoms with Crippen LogP contribution < -0.4 is 5.73 Å². The average molecular weight is 275 g/mol. The van der Waals surface area contributed by atoms with Crippen LogP contribution in [0, 0.1) is 27.7 Å². The highest BCUT2D eigenvalue weighted by molar-refractivity contribution is 5.41. The third-order valence-corrected chi connectivity index (χ3v) is 4.16. The van der Waals surface area contributed by atoms with E-state index < -0.39 is 0 Å². The van der Waals surface area contributed by atoms with Gasteiger partial charge in [0.15, 0.2) is 5.82 Å². The molecule has 2 rings (SSSR count). The van der Waals surface area contributed by atoms with E-state index in [1.165, 1.54) is 11.1 Å². The van der Waals surface area contributed by atoms with Gasteiger partial charge in [-0.1, -0.05) is 6.92 Å². The zero-order chi connectivity index (χ0) is 15.0. The minimum atomic E-state index is 0.162. The van der Waals surface area contributed by atoms with Gasteiger partial charge in [-0.2, -0.15) is 10.2 Å². The molecule has 0 amide bonds. The topological polar surface area (TPSA) is 61.7 Å². The molecule has 0 radical (unpaired) electrons. The second-order valence-electron chi connectivity index (χ2n) is 5.59. The van der Waals surface area contributed by atoms with Crippen LogP contribution in [-0.2, 0) is 13.5 Å². The molecule has 2 N–H and O–H groups in total. The van der Waals surface area contributed by atoms with Crippen LogP contribution in [0.3, 0.4) is 0 Å². The van der Waals surface area contributed by atoms with Crippen molar-refractivity contribution in [3.05, 3.63) is 28.2 Å². The Labute approximate surface area is 120 Å². The van der Waals surface area contributed by atoms with E-state index in [2.05, 4.69) is 31.0 Å². The maximum Gasteiger partial charge on any atom is 0.155 e. The number of aryl methyl sites for hydroxylation is 3. The Hall–Kier alpha value is -1.62. The van der Waals surface area contributed by atoms with Gasteiger partial charge in [-0.25, -0.2) is 4.68 Å². The lowest BCUT2D eigenvalue weighted by atomic mass is 10.0. The minimum Gasteiger partial charge on any atom is -0.327 e. The van der Waals surface area contributed by atoms with Gasteiger partial charge in [0.1, 0.15) is 0 Å². The van der Waals surface area contributed by atoms with Crippen LogP contribution in [-0.4, -0.2) is 25.6 Å². The summed E-state index contributed by atoms with van der Waals surface area (Å²) in [4.78, 5) is 0. The van der Waals surface area contributed by atoms with Gasteiger partial charge in [-0.05, 0) is 46.1 Å². The molecule has 1 unspecified atom stereocenters. The Morgan fingerprint density at radius 2 is 1.75 bits per heavy atom. The number of rotatable bonds is 4. The molecule has 1 atom stereocenters. The highest BCUT2D eigenvalue weighted by atomic mass is 15.4. The van der Waals surface area contributed by atoms with E-state index in [-0.39, 0.29) is 6.04 Å². The molecule has 2 aromatic heterocycles. The van der Waals surface area contributed by atoms with Crippen LogP contribution in [0.1, 0.15) is 41.6 Å². The highest BCUT2D eigenvalue weighted by Gasteiger charge is 2.20. The lowest BCUT2D eigenvalue weighted by Crippen LogP contribution is -2.23. The lowest BCUT2D eigenvalue weighted by molar-refractivity contribution is 0.634. The van der Waals surface area contributed by atoms with Gasteiger partial charge in [0, 0.05) is 24.3 Å². The summed E-state index contributed by atoms with van der Waals surface area (Å²) >= 11 is 0. The first-order valence-electron chi connectivity index (χ1n) is 7.18. The Morgan fingerprint density at radius 1 is 1.10 bits per heavy atom. The standard InChI is InChI=1S/C15H25N5/c1-7-13(16)8-14-11(4)17-19(6)15(14)20-12(5)9(2)10(3)18-20/h13H,7-8,16H2,1-6H3. The summed E-state index contributed by atoms with van der Waals surface area (Å²) in [6.45, 7) is 10.4. The van der Waals surface area contributed by atoms with Crippen molar-refractivity contribution in [1.82, 2.24) is 19.6 Å². The summed E-state index contributed by atoms with van der Waals surface area (Å²) in [5.41, 5.74) is 11.8. The molecule has 0 saturated heterocycles. The number of nitrogens with two attached hydrogens (primary N) is 1. The lowest BCUT2D eigenvalue weighted by Gasteiger charge is -2.12. The largest absolute Gasteiger partial charge is 0.327 e. The minimum absolute atomic E-state index is 0.162. The molecule has 2 aromatic rings. The van der Waals surface area contributed by atoms with E-state index in [9.17, 15) is 0 Å². The van der Waals surface area contributed by atoms with Gasteiger partial charge in [-0.15, -0.1) is 0 Å². The molecule has 0 aromatic carbocycles. The quantitative estimate of drug-likeness (QED) is 0.929. The third-order valence-electron chi connectivity index (χ3n) is 4.16. The summed E-state index contributed by atoms with van der Waals surface area (Å²) in [5.74, 6) is 1.04. The molecule has 0 fully saturated rings. The molecule has 0 aliphatic carbocycles. The van der Waals surface area contributed by atoms with Crippen molar-refractivity contribution in [1.29, 1.82) is 0 Å². The van der Waals surface area contributed by atoms with Crippen LogP contribution >= 0.6 is 0 Å². The van der Waals surface area contributed by atoms with Gasteiger partial charge < -0.3 is 5.73 Å². The fourth-order valence-electron chi connectivity index (χ4n) is 2.53. The van der Waals surface area contributed by atoms with Crippen LogP contribution in [0.2, 0.25) is 0 Å². The Kier molecular flexibility index (Phi) is 3.99. The van der Waals surface area contributed by atoms with Gasteiger partial charge >= 0.3 is 0 Å². The van der Waals surface area contributed by atoms with E-state index in [4.69, 9.17) is 5.73 Å². The van der Waals surface area contributed by atoms with Crippen LogP contribution in [0.4, 0.5) is 0 Å². The predicted molar refractivity (Wildman–Crippen MR) is 81.2 cm³/mol. The van der Waals surface area contributed by atoms with Gasteiger partial charge in [0.05, 0.1) is 11.4 Å². The second-order valence-corrected chi connectivity index (χ2v) is 5.59. The van der Waals surface area contributed by atoms with Crippen molar-refractivity contribution in [2.45, 2.75) is 53.5 Å². The van der Waals surface area contributed by atoms with Crippen LogP contribution in [0.5, 0.6) is 0 Å². The third kappa shape index (κ3) is 2.38. The predicted octanol–water partition coefficient (Wildman–Crippen LogP) is 2.12. The molecule has 0 aliphatic rings. The van der Waals surface area contributed by atoms with Crippen molar-refractivity contribution in [2.24, 2.45) is 12.8 Å². The van der Waals surface area contributed by atoms with Crippen molar-refractivity contribution < 1.29 is 0 Å². The molecule has 0 bridgehead atoms. The van der Waals surface area contributed by atoms with E-state index in [0.29, 0.717) is 0 Å².